The SMILES string of the molecule is [2H]c1c([2H])c(C=O)c([2H])c([2H])c1Cl. The average molecular weight is 145 g/mol. The molecular weight excluding hydrogens is 136 g/mol. The van der Waals surface area contributed by atoms with E-state index in [1.807, 2.05) is 0 Å². The average Bonchev–Trinajstić information content (AvgIpc) is 2.13. The molecule has 0 aromatic heterocycles. The predicted molar refractivity (Wildman–Crippen MR) is 36.8 cm³/mol. The molecule has 0 aliphatic rings. The van der Waals surface area contributed by atoms with Gasteiger partial charge >= 0.3 is 0 Å². The predicted octanol–water partition coefficient (Wildman–Crippen LogP) is 2.15. The van der Waals surface area contributed by atoms with Crippen molar-refractivity contribution in [1.82, 2.24) is 0 Å². The summed E-state index contributed by atoms with van der Waals surface area (Å²) < 4.78 is 29.0. The smallest absolute Gasteiger partial charge is 0.150 e. The zero-order valence-electron chi connectivity index (χ0n) is 8.36. The standard InChI is InChI=1S/C7H5ClO/c8-7-3-1-6(5-9)2-4-7/h1-5H/i1D,2D,3D,4D. The lowest BCUT2D eigenvalue weighted by molar-refractivity contribution is 0.112. The van der Waals surface area contributed by atoms with Crippen molar-refractivity contribution in [2.45, 2.75) is 0 Å². The van der Waals surface area contributed by atoms with Crippen molar-refractivity contribution >= 4 is 17.9 Å². The molecule has 0 spiro atoms. The van der Waals surface area contributed by atoms with Gasteiger partial charge in [-0.1, -0.05) is 23.7 Å². The second-order valence-corrected chi connectivity index (χ2v) is 1.72. The Bertz CT molecular complexity index is 348. The fraction of sp³-hybridized carbons (Fsp3) is 0. The van der Waals surface area contributed by atoms with Crippen LogP contribution in [0.1, 0.15) is 15.8 Å². The quantitative estimate of drug-likeness (QED) is 0.552. The molecule has 0 atom stereocenters. The number of carbonyl (C=O) groups excluding carboxylic acids is 1. The number of hydrogen-bond donors (Lipinski definition) is 0. The number of benzene rings is 1. The highest BCUT2D eigenvalue weighted by Gasteiger charge is 1.86. The monoisotopic (exact) mass is 144 g/mol. The van der Waals surface area contributed by atoms with Gasteiger partial charge in [-0.15, -0.1) is 0 Å². The fourth-order valence-electron chi connectivity index (χ4n) is 0.366. The summed E-state index contributed by atoms with van der Waals surface area (Å²) in [7, 11) is 0. The fourth-order valence-corrected chi connectivity index (χ4v) is 0.460. The Hall–Kier alpha value is -0.820. The number of carbonyl (C=O) groups is 1. The van der Waals surface area contributed by atoms with Crippen molar-refractivity contribution in [3.05, 3.63) is 34.8 Å². The van der Waals surface area contributed by atoms with Gasteiger partial charge in [0.15, 0.2) is 0 Å². The summed E-state index contributed by atoms with van der Waals surface area (Å²) in [6.45, 7) is 0. The molecule has 0 fully saturated rings. The highest BCUT2D eigenvalue weighted by molar-refractivity contribution is 6.30. The molecule has 0 bridgehead atoms. The summed E-state index contributed by atoms with van der Waals surface area (Å²) in [5, 5.41) is -0.263. The Morgan fingerprint density at radius 3 is 2.44 bits per heavy atom. The maximum atomic E-state index is 10.4. The van der Waals surface area contributed by atoms with Crippen LogP contribution >= 0.6 is 11.6 Å². The molecule has 1 rings (SSSR count). The van der Waals surface area contributed by atoms with Gasteiger partial charge in [0, 0.05) is 10.6 Å². The first-order chi connectivity index (χ1) is 6.00. The first-order valence-electron chi connectivity index (χ1n) is 4.21. The van der Waals surface area contributed by atoms with Crippen LogP contribution in [-0.4, -0.2) is 6.29 Å². The van der Waals surface area contributed by atoms with Gasteiger partial charge in [-0.2, -0.15) is 0 Å². The van der Waals surface area contributed by atoms with Crippen LogP contribution in [0.3, 0.4) is 0 Å². The van der Waals surface area contributed by atoms with Crippen molar-refractivity contribution in [3.63, 3.8) is 0 Å². The van der Waals surface area contributed by atoms with E-state index in [9.17, 15) is 4.79 Å². The molecule has 46 valence electrons. The molecule has 0 radical (unpaired) electrons. The maximum absolute atomic E-state index is 10.4. The van der Waals surface area contributed by atoms with Crippen LogP contribution in [-0.2, 0) is 0 Å². The third-order valence-corrected chi connectivity index (χ3v) is 0.921. The molecule has 0 aliphatic heterocycles. The normalized spacial score (nSPS) is 15.2. The minimum Gasteiger partial charge on any atom is -0.298 e. The molecule has 1 aromatic rings. The van der Waals surface area contributed by atoms with Crippen LogP contribution < -0.4 is 0 Å². The minimum absolute atomic E-state index is 0.263. The number of halogens is 1. The molecule has 9 heavy (non-hydrogen) atoms. The summed E-state index contributed by atoms with van der Waals surface area (Å²) in [5.74, 6) is 0. The van der Waals surface area contributed by atoms with Crippen LogP contribution in [0, 0.1) is 0 Å². The second kappa shape index (κ2) is 2.65. The van der Waals surface area contributed by atoms with E-state index in [0.717, 1.165) is 0 Å². The second-order valence-electron chi connectivity index (χ2n) is 1.35. The first kappa shape index (κ1) is 2.84. The zero-order chi connectivity index (χ0) is 10.2. The molecular formula is C7H5ClO. The van der Waals surface area contributed by atoms with Gasteiger partial charge in [0.05, 0.1) is 5.48 Å². The van der Waals surface area contributed by atoms with E-state index in [2.05, 4.69) is 0 Å². The van der Waals surface area contributed by atoms with E-state index in [-0.39, 0.29) is 29.0 Å². The van der Waals surface area contributed by atoms with Crippen LogP contribution in [0.15, 0.2) is 24.2 Å². The first-order valence-corrected chi connectivity index (χ1v) is 2.59. The molecule has 1 nitrogen and oxygen atoms in total. The van der Waals surface area contributed by atoms with E-state index >= 15 is 0 Å². The van der Waals surface area contributed by atoms with Crippen molar-refractivity contribution in [3.8, 4) is 0 Å². The highest BCUT2D eigenvalue weighted by Crippen LogP contribution is 2.07. The molecule has 0 unspecified atom stereocenters. The highest BCUT2D eigenvalue weighted by atomic mass is 35.5. The largest absolute Gasteiger partial charge is 0.298 e. The summed E-state index contributed by atoms with van der Waals surface area (Å²) in [6.07, 6.45) is 0.289. The molecule has 0 saturated heterocycles. The van der Waals surface area contributed by atoms with Gasteiger partial charge in [0.1, 0.15) is 6.29 Å². The Balaban J connectivity index is 3.66. The number of aldehydes is 1. The topological polar surface area (TPSA) is 17.1 Å². The zero-order valence-corrected chi connectivity index (χ0v) is 5.12. The van der Waals surface area contributed by atoms with Crippen LogP contribution in [0.25, 0.3) is 0 Å². The molecule has 2 heteroatoms. The molecule has 0 saturated carbocycles. The molecule has 0 amide bonds. The van der Waals surface area contributed by atoms with Gasteiger partial charge in [0.25, 0.3) is 0 Å². The third kappa shape index (κ3) is 1.54. The van der Waals surface area contributed by atoms with Crippen LogP contribution in [0.4, 0.5) is 0 Å². The van der Waals surface area contributed by atoms with Gasteiger partial charge in [0.2, 0.25) is 0 Å². The third-order valence-electron chi connectivity index (χ3n) is 0.732. The summed E-state index contributed by atoms with van der Waals surface area (Å²) in [4.78, 5) is 10.4. The Morgan fingerprint density at radius 2 is 2.00 bits per heavy atom. The van der Waals surface area contributed by atoms with Crippen molar-refractivity contribution in [2.75, 3.05) is 0 Å². The van der Waals surface area contributed by atoms with Crippen molar-refractivity contribution in [1.29, 1.82) is 0 Å². The van der Waals surface area contributed by atoms with Crippen LogP contribution in [0.5, 0.6) is 0 Å². The van der Waals surface area contributed by atoms with Gasteiger partial charge in [-0.3, -0.25) is 4.79 Å². The van der Waals surface area contributed by atoms with Crippen molar-refractivity contribution < 1.29 is 10.3 Å². The lowest BCUT2D eigenvalue weighted by atomic mass is 10.2. The minimum atomic E-state index is -0.402. The number of rotatable bonds is 1. The van der Waals surface area contributed by atoms with Crippen molar-refractivity contribution in [2.24, 2.45) is 0 Å². The number of hydrogen-bond acceptors (Lipinski definition) is 1. The summed E-state index contributed by atoms with van der Waals surface area (Å²) >= 11 is 5.49. The molecule has 0 heterocycles. The Morgan fingerprint density at radius 1 is 1.44 bits per heavy atom. The Kier molecular flexibility index (Phi) is 0.836. The Labute approximate surface area is 63.9 Å². The summed E-state index contributed by atoms with van der Waals surface area (Å²) in [6, 6.07) is -1.57. The lowest BCUT2D eigenvalue weighted by Crippen LogP contribution is -1.74. The van der Waals surface area contributed by atoms with E-state index in [1.54, 1.807) is 0 Å². The maximum Gasteiger partial charge on any atom is 0.150 e. The van der Waals surface area contributed by atoms with E-state index in [1.165, 1.54) is 0 Å². The molecule has 0 aliphatic carbocycles. The van der Waals surface area contributed by atoms with E-state index in [4.69, 9.17) is 17.1 Å². The van der Waals surface area contributed by atoms with E-state index in [0.29, 0.717) is 0 Å². The van der Waals surface area contributed by atoms with Gasteiger partial charge < -0.3 is 0 Å². The van der Waals surface area contributed by atoms with E-state index < -0.39 is 12.1 Å². The summed E-state index contributed by atoms with van der Waals surface area (Å²) in [5.41, 5.74) is -0.264. The van der Waals surface area contributed by atoms with Gasteiger partial charge in [-0.05, 0) is 12.1 Å². The van der Waals surface area contributed by atoms with Crippen LogP contribution in [0.2, 0.25) is 5.02 Å². The van der Waals surface area contributed by atoms with Gasteiger partial charge in [-0.25, -0.2) is 0 Å². The lowest BCUT2D eigenvalue weighted by Gasteiger charge is -1.87. The molecule has 0 N–H and O–H groups in total. The molecule has 1 aromatic carbocycles.